The maximum atomic E-state index is 10.5. The maximum absolute atomic E-state index is 10.5. The Bertz CT molecular complexity index is 385. The Labute approximate surface area is 97.0 Å². The quantitative estimate of drug-likeness (QED) is 0.662. The molecule has 1 aromatic rings. The van der Waals surface area contributed by atoms with Crippen molar-refractivity contribution in [1.29, 1.82) is 0 Å². The minimum absolute atomic E-state index is 0.0708. The third kappa shape index (κ3) is 3.51. The van der Waals surface area contributed by atoms with Crippen molar-refractivity contribution in [2.45, 2.75) is 26.3 Å². The molecule has 0 aliphatic rings. The monoisotopic (exact) mass is 272 g/mol. The number of nitrogens with one attached hydrogen (secondary N) is 1. The van der Waals surface area contributed by atoms with Crippen molar-refractivity contribution in [2.75, 3.05) is 5.32 Å². The molecule has 0 aromatic heterocycles. The smallest absolute Gasteiger partial charge is 0.270 e. The summed E-state index contributed by atoms with van der Waals surface area (Å²) in [4.78, 5) is 10.1. The highest BCUT2D eigenvalue weighted by Gasteiger charge is 2.14. The Morgan fingerprint density at radius 1 is 1.40 bits per heavy atom. The van der Waals surface area contributed by atoms with Gasteiger partial charge in [-0.3, -0.25) is 10.1 Å². The number of hydrogen-bond acceptors (Lipinski definition) is 3. The number of nitro groups is 1. The summed E-state index contributed by atoms with van der Waals surface area (Å²) in [5.74, 6) is 0. The fourth-order valence-electron chi connectivity index (χ4n) is 1.12. The van der Waals surface area contributed by atoms with Gasteiger partial charge in [0.25, 0.3) is 5.69 Å². The van der Waals surface area contributed by atoms with Gasteiger partial charge in [-0.1, -0.05) is 0 Å². The average molecular weight is 273 g/mol. The van der Waals surface area contributed by atoms with Gasteiger partial charge in [0.2, 0.25) is 0 Å². The fourth-order valence-corrected chi connectivity index (χ4v) is 1.59. The van der Waals surface area contributed by atoms with E-state index >= 15 is 0 Å². The lowest BCUT2D eigenvalue weighted by atomic mass is 10.1. The standard InChI is InChI=1S/C10H13BrN2O2/c1-10(2,3)12-9-5-4-7(13(14)15)6-8(9)11/h4-6,12H,1-3H3. The summed E-state index contributed by atoms with van der Waals surface area (Å²) in [6.07, 6.45) is 0. The Kier molecular flexibility index (Phi) is 3.34. The van der Waals surface area contributed by atoms with Crippen molar-refractivity contribution in [3.63, 3.8) is 0 Å². The van der Waals surface area contributed by atoms with Crippen LogP contribution in [0.1, 0.15) is 20.8 Å². The summed E-state index contributed by atoms with van der Waals surface area (Å²) in [6.45, 7) is 6.09. The van der Waals surface area contributed by atoms with Crippen LogP contribution in [-0.2, 0) is 0 Å². The molecule has 0 aliphatic heterocycles. The number of anilines is 1. The average Bonchev–Trinajstić information content (AvgIpc) is 2.05. The summed E-state index contributed by atoms with van der Waals surface area (Å²) in [5, 5.41) is 13.8. The molecule has 0 saturated heterocycles. The molecule has 5 heteroatoms. The molecule has 0 amide bonds. The first-order valence-corrected chi connectivity index (χ1v) is 5.31. The third-order valence-corrected chi connectivity index (χ3v) is 2.33. The molecule has 1 rings (SSSR count). The molecule has 0 heterocycles. The van der Waals surface area contributed by atoms with Gasteiger partial charge in [0.15, 0.2) is 0 Å². The Morgan fingerprint density at radius 3 is 2.40 bits per heavy atom. The van der Waals surface area contributed by atoms with E-state index in [1.165, 1.54) is 12.1 Å². The molecular weight excluding hydrogens is 260 g/mol. The van der Waals surface area contributed by atoms with E-state index in [1.807, 2.05) is 20.8 Å². The lowest BCUT2D eigenvalue weighted by molar-refractivity contribution is -0.384. The molecule has 0 spiro atoms. The minimum Gasteiger partial charge on any atom is -0.380 e. The molecule has 0 unspecified atom stereocenters. The van der Waals surface area contributed by atoms with E-state index in [1.54, 1.807) is 6.07 Å². The van der Waals surface area contributed by atoms with E-state index in [9.17, 15) is 10.1 Å². The number of non-ortho nitro benzene ring substituents is 1. The molecule has 0 atom stereocenters. The summed E-state index contributed by atoms with van der Waals surface area (Å²) < 4.78 is 0.701. The second-order valence-electron chi connectivity index (χ2n) is 4.30. The van der Waals surface area contributed by atoms with E-state index < -0.39 is 4.92 Å². The van der Waals surface area contributed by atoms with Crippen molar-refractivity contribution < 1.29 is 4.92 Å². The van der Waals surface area contributed by atoms with Crippen LogP contribution in [0.5, 0.6) is 0 Å². The van der Waals surface area contributed by atoms with Gasteiger partial charge in [0.1, 0.15) is 0 Å². The Hall–Kier alpha value is -1.10. The van der Waals surface area contributed by atoms with Gasteiger partial charge < -0.3 is 5.32 Å². The predicted molar refractivity (Wildman–Crippen MR) is 64.2 cm³/mol. The molecule has 82 valence electrons. The number of nitrogens with zero attached hydrogens (tertiary/aromatic N) is 1. The predicted octanol–water partition coefficient (Wildman–Crippen LogP) is 3.57. The van der Waals surface area contributed by atoms with Crippen LogP contribution < -0.4 is 5.32 Å². The van der Waals surface area contributed by atoms with E-state index in [0.717, 1.165) is 5.69 Å². The van der Waals surface area contributed by atoms with Crippen LogP contribution in [0.2, 0.25) is 0 Å². The number of hydrogen-bond donors (Lipinski definition) is 1. The summed E-state index contributed by atoms with van der Waals surface area (Å²) in [5.41, 5.74) is 0.869. The highest BCUT2D eigenvalue weighted by molar-refractivity contribution is 9.10. The zero-order chi connectivity index (χ0) is 11.6. The van der Waals surface area contributed by atoms with Gasteiger partial charge in [-0.25, -0.2) is 0 Å². The summed E-state index contributed by atoms with van der Waals surface area (Å²) >= 11 is 3.30. The first kappa shape index (κ1) is 12.0. The number of halogens is 1. The van der Waals surface area contributed by atoms with Crippen molar-refractivity contribution in [2.24, 2.45) is 0 Å². The summed E-state index contributed by atoms with van der Waals surface area (Å²) in [7, 11) is 0. The number of rotatable bonds is 2. The maximum Gasteiger partial charge on any atom is 0.270 e. The third-order valence-electron chi connectivity index (χ3n) is 1.67. The molecule has 1 aromatic carbocycles. The first-order chi connectivity index (χ1) is 6.79. The summed E-state index contributed by atoms with van der Waals surface area (Å²) in [6, 6.07) is 4.68. The topological polar surface area (TPSA) is 55.2 Å². The fraction of sp³-hybridized carbons (Fsp3) is 0.400. The highest BCUT2D eigenvalue weighted by atomic mass is 79.9. The molecule has 0 fully saturated rings. The molecular formula is C10H13BrN2O2. The van der Waals surface area contributed by atoms with Gasteiger partial charge in [-0.05, 0) is 42.8 Å². The molecule has 1 N–H and O–H groups in total. The Balaban J connectivity index is 2.99. The van der Waals surface area contributed by atoms with E-state index in [4.69, 9.17) is 0 Å². The first-order valence-electron chi connectivity index (χ1n) is 4.52. The number of benzene rings is 1. The van der Waals surface area contributed by atoms with Crippen molar-refractivity contribution in [3.05, 3.63) is 32.8 Å². The highest BCUT2D eigenvalue weighted by Crippen LogP contribution is 2.28. The second-order valence-corrected chi connectivity index (χ2v) is 5.15. The van der Waals surface area contributed by atoms with Gasteiger partial charge in [0, 0.05) is 27.8 Å². The van der Waals surface area contributed by atoms with E-state index in [0.29, 0.717) is 4.47 Å². The van der Waals surface area contributed by atoms with Crippen LogP contribution in [0.25, 0.3) is 0 Å². The van der Waals surface area contributed by atoms with Gasteiger partial charge >= 0.3 is 0 Å². The van der Waals surface area contributed by atoms with E-state index in [-0.39, 0.29) is 11.2 Å². The molecule has 0 aliphatic carbocycles. The zero-order valence-electron chi connectivity index (χ0n) is 8.87. The molecule has 4 nitrogen and oxygen atoms in total. The second kappa shape index (κ2) is 4.18. The Morgan fingerprint density at radius 2 is 2.00 bits per heavy atom. The van der Waals surface area contributed by atoms with Gasteiger partial charge in [-0.2, -0.15) is 0 Å². The number of nitro benzene ring substituents is 1. The minimum atomic E-state index is -0.411. The zero-order valence-corrected chi connectivity index (χ0v) is 10.5. The molecule has 0 saturated carbocycles. The van der Waals surface area contributed by atoms with Crippen LogP contribution in [0, 0.1) is 10.1 Å². The molecule has 0 radical (unpaired) electrons. The van der Waals surface area contributed by atoms with E-state index in [2.05, 4.69) is 21.2 Å². The molecule has 15 heavy (non-hydrogen) atoms. The van der Waals surface area contributed by atoms with Crippen molar-refractivity contribution in [3.8, 4) is 0 Å². The van der Waals surface area contributed by atoms with Crippen LogP contribution in [-0.4, -0.2) is 10.5 Å². The SMILES string of the molecule is CC(C)(C)Nc1ccc([N+](=O)[O-])cc1Br. The van der Waals surface area contributed by atoms with Crippen molar-refractivity contribution >= 4 is 27.3 Å². The van der Waals surface area contributed by atoms with Gasteiger partial charge in [0.05, 0.1) is 4.92 Å². The normalized spacial score (nSPS) is 11.2. The molecule has 0 bridgehead atoms. The van der Waals surface area contributed by atoms with Crippen molar-refractivity contribution in [1.82, 2.24) is 0 Å². The van der Waals surface area contributed by atoms with Gasteiger partial charge in [-0.15, -0.1) is 0 Å². The lowest BCUT2D eigenvalue weighted by Gasteiger charge is -2.22. The largest absolute Gasteiger partial charge is 0.380 e. The van der Waals surface area contributed by atoms with Crippen LogP contribution in [0.4, 0.5) is 11.4 Å². The van der Waals surface area contributed by atoms with Crippen LogP contribution in [0.15, 0.2) is 22.7 Å². The van der Waals surface area contributed by atoms with Crippen LogP contribution in [0.3, 0.4) is 0 Å². The van der Waals surface area contributed by atoms with Crippen LogP contribution >= 0.6 is 15.9 Å². The lowest BCUT2D eigenvalue weighted by Crippen LogP contribution is -2.26.